The Morgan fingerprint density at radius 3 is 2.79 bits per heavy atom. The van der Waals surface area contributed by atoms with Crippen molar-refractivity contribution < 1.29 is 8.42 Å². The van der Waals surface area contributed by atoms with Crippen LogP contribution in [0.1, 0.15) is 12.8 Å². The third kappa shape index (κ3) is 3.01. The van der Waals surface area contributed by atoms with Crippen molar-refractivity contribution >= 4 is 42.9 Å². The zero-order valence-corrected chi connectivity index (χ0v) is 15.0. The van der Waals surface area contributed by atoms with E-state index in [1.807, 2.05) is 30.5 Å². The van der Waals surface area contributed by atoms with Crippen LogP contribution in [0, 0.1) is 0 Å². The van der Waals surface area contributed by atoms with E-state index in [0.29, 0.717) is 22.5 Å². The molecular weight excluding hydrogens is 368 g/mol. The van der Waals surface area contributed by atoms with Gasteiger partial charge in [0, 0.05) is 17.1 Å². The number of benzene rings is 1. The van der Waals surface area contributed by atoms with Crippen LogP contribution in [0.3, 0.4) is 0 Å². The molecule has 0 aliphatic carbocycles. The minimum absolute atomic E-state index is 0.297. The Kier molecular flexibility index (Phi) is 3.98. The lowest BCUT2D eigenvalue weighted by Crippen LogP contribution is -2.25. The molecule has 1 aliphatic rings. The highest BCUT2D eigenvalue weighted by Gasteiger charge is 2.31. The van der Waals surface area contributed by atoms with Crippen molar-refractivity contribution in [2.75, 3.05) is 17.6 Å². The van der Waals surface area contributed by atoms with Gasteiger partial charge < -0.3 is 5.32 Å². The van der Waals surface area contributed by atoms with Gasteiger partial charge in [0.1, 0.15) is 0 Å². The third-order valence-electron chi connectivity index (χ3n) is 4.13. The zero-order chi connectivity index (χ0) is 16.7. The summed E-state index contributed by atoms with van der Waals surface area (Å²) in [7, 11) is -2.94. The Balaban J connectivity index is 1.50. The largest absolute Gasteiger partial charge is 0.359 e. The normalized spacial score (nSPS) is 19.8. The second-order valence-electron chi connectivity index (χ2n) is 5.78. The molecule has 1 saturated heterocycles. The summed E-state index contributed by atoms with van der Waals surface area (Å²) in [6.07, 6.45) is 3.32. The van der Waals surface area contributed by atoms with Crippen LogP contribution in [-0.2, 0) is 9.84 Å². The molecule has 3 heterocycles. The number of anilines is 1. The molecule has 1 aromatic carbocycles. The molecule has 0 amide bonds. The molecule has 0 spiro atoms. The van der Waals surface area contributed by atoms with Crippen molar-refractivity contribution in [3.63, 3.8) is 0 Å². The molecule has 1 aliphatic heterocycles. The predicted octanol–water partition coefficient (Wildman–Crippen LogP) is 3.10. The van der Waals surface area contributed by atoms with Gasteiger partial charge in [-0.1, -0.05) is 35.1 Å². The van der Waals surface area contributed by atoms with Gasteiger partial charge in [-0.25, -0.2) is 17.9 Å². The molecule has 126 valence electrons. The molecule has 2 aromatic heterocycles. The number of nitrogens with one attached hydrogen (secondary N) is 1. The first-order valence-electron chi connectivity index (χ1n) is 7.59. The van der Waals surface area contributed by atoms with E-state index in [2.05, 4.69) is 15.4 Å². The van der Waals surface area contributed by atoms with Crippen LogP contribution in [-0.4, -0.2) is 40.6 Å². The van der Waals surface area contributed by atoms with Gasteiger partial charge in [0.25, 0.3) is 0 Å². The number of nitrogens with zero attached hydrogens (tertiary/aromatic N) is 3. The van der Waals surface area contributed by atoms with E-state index in [1.54, 1.807) is 4.52 Å². The molecule has 9 heteroatoms. The van der Waals surface area contributed by atoms with Gasteiger partial charge in [0.05, 0.1) is 22.9 Å². The predicted molar refractivity (Wildman–Crippen MR) is 96.6 cm³/mol. The third-order valence-corrected chi connectivity index (χ3v) is 7.53. The van der Waals surface area contributed by atoms with Crippen LogP contribution >= 0.6 is 22.9 Å². The molecule has 4 rings (SSSR count). The molecule has 3 aromatic rings. The van der Waals surface area contributed by atoms with Crippen molar-refractivity contribution in [1.29, 1.82) is 0 Å². The van der Waals surface area contributed by atoms with E-state index >= 15 is 0 Å². The second kappa shape index (κ2) is 6.02. The van der Waals surface area contributed by atoms with Crippen molar-refractivity contribution in [3.05, 3.63) is 35.5 Å². The van der Waals surface area contributed by atoms with Crippen molar-refractivity contribution in [1.82, 2.24) is 14.6 Å². The van der Waals surface area contributed by atoms with E-state index in [-0.39, 0.29) is 5.25 Å². The summed E-state index contributed by atoms with van der Waals surface area (Å²) in [5.74, 6) is 0.297. The summed E-state index contributed by atoms with van der Waals surface area (Å²) in [4.78, 5) is 5.32. The average Bonchev–Trinajstić information content (AvgIpc) is 3.18. The second-order valence-corrected chi connectivity index (χ2v) is 9.57. The van der Waals surface area contributed by atoms with E-state index in [1.165, 1.54) is 11.3 Å². The molecule has 1 N–H and O–H groups in total. The monoisotopic (exact) mass is 382 g/mol. The fourth-order valence-electron chi connectivity index (χ4n) is 2.82. The van der Waals surface area contributed by atoms with Gasteiger partial charge in [0.15, 0.2) is 9.84 Å². The Labute approximate surface area is 148 Å². The fourth-order valence-corrected chi connectivity index (χ4v) is 5.50. The SMILES string of the molecule is O=S1(=O)CCCC1CNc1nn2cc(-c3ccc(Cl)cc3)nc2s1. The zero-order valence-electron chi connectivity index (χ0n) is 12.6. The first kappa shape index (κ1) is 15.9. The summed E-state index contributed by atoms with van der Waals surface area (Å²) in [5, 5.41) is 8.62. The maximum absolute atomic E-state index is 11.8. The van der Waals surface area contributed by atoms with Crippen LogP contribution in [0.5, 0.6) is 0 Å². The van der Waals surface area contributed by atoms with E-state index in [0.717, 1.165) is 29.1 Å². The highest BCUT2D eigenvalue weighted by Crippen LogP contribution is 2.26. The standard InChI is InChI=1S/C15H15ClN4O2S2/c16-11-5-3-10(4-6-11)13-9-20-15(18-13)23-14(19-20)17-8-12-2-1-7-24(12,21)22/h3-6,9,12H,1-2,7-8H2,(H,17,19). The number of imidazole rings is 1. The van der Waals surface area contributed by atoms with Gasteiger partial charge in [0.2, 0.25) is 10.1 Å². The summed E-state index contributed by atoms with van der Waals surface area (Å²) in [6.45, 7) is 0.406. The Morgan fingerprint density at radius 1 is 1.33 bits per heavy atom. The van der Waals surface area contributed by atoms with Crippen LogP contribution in [0.15, 0.2) is 30.5 Å². The summed E-state index contributed by atoms with van der Waals surface area (Å²) < 4.78 is 25.4. The highest BCUT2D eigenvalue weighted by atomic mass is 35.5. The minimum atomic E-state index is -2.94. The van der Waals surface area contributed by atoms with E-state index in [9.17, 15) is 8.42 Å². The van der Waals surface area contributed by atoms with Gasteiger partial charge >= 0.3 is 0 Å². The van der Waals surface area contributed by atoms with E-state index in [4.69, 9.17) is 11.6 Å². The van der Waals surface area contributed by atoms with E-state index < -0.39 is 9.84 Å². The summed E-state index contributed by atoms with van der Waals surface area (Å²) in [6, 6.07) is 7.48. The van der Waals surface area contributed by atoms with Gasteiger partial charge in [-0.3, -0.25) is 0 Å². The quantitative estimate of drug-likeness (QED) is 0.750. The number of hydrogen-bond donors (Lipinski definition) is 1. The Bertz CT molecular complexity index is 947. The van der Waals surface area contributed by atoms with Gasteiger partial charge in [-0.05, 0) is 25.0 Å². The van der Waals surface area contributed by atoms with Crippen LogP contribution < -0.4 is 5.32 Å². The number of aromatic nitrogens is 3. The fraction of sp³-hybridized carbons (Fsp3) is 0.333. The number of halogens is 1. The lowest BCUT2D eigenvalue weighted by atomic mass is 10.2. The maximum Gasteiger partial charge on any atom is 0.214 e. The summed E-state index contributed by atoms with van der Waals surface area (Å²) in [5.41, 5.74) is 1.80. The smallest absolute Gasteiger partial charge is 0.214 e. The molecule has 0 radical (unpaired) electrons. The lowest BCUT2D eigenvalue weighted by molar-refractivity contribution is 0.591. The number of hydrogen-bond acceptors (Lipinski definition) is 6. The molecule has 0 bridgehead atoms. The van der Waals surface area contributed by atoms with Crippen molar-refractivity contribution in [3.8, 4) is 11.3 Å². The van der Waals surface area contributed by atoms with Crippen LogP contribution in [0.4, 0.5) is 5.13 Å². The minimum Gasteiger partial charge on any atom is -0.359 e. The Morgan fingerprint density at radius 2 is 2.12 bits per heavy atom. The van der Waals surface area contributed by atoms with Gasteiger partial charge in [-0.15, -0.1) is 5.10 Å². The molecule has 1 fully saturated rings. The average molecular weight is 383 g/mol. The molecule has 6 nitrogen and oxygen atoms in total. The topological polar surface area (TPSA) is 76.4 Å². The molecule has 1 atom stereocenters. The summed E-state index contributed by atoms with van der Waals surface area (Å²) >= 11 is 7.31. The Hall–Kier alpha value is -1.64. The van der Waals surface area contributed by atoms with Crippen molar-refractivity contribution in [2.45, 2.75) is 18.1 Å². The van der Waals surface area contributed by atoms with Crippen LogP contribution in [0.25, 0.3) is 16.2 Å². The molecule has 1 unspecified atom stereocenters. The lowest BCUT2D eigenvalue weighted by Gasteiger charge is -2.08. The van der Waals surface area contributed by atoms with Crippen molar-refractivity contribution in [2.24, 2.45) is 0 Å². The highest BCUT2D eigenvalue weighted by molar-refractivity contribution is 7.92. The first-order chi connectivity index (χ1) is 11.5. The molecule has 0 saturated carbocycles. The number of sulfone groups is 1. The van der Waals surface area contributed by atoms with Crippen LogP contribution in [0.2, 0.25) is 5.02 Å². The number of fused-ring (bicyclic) bond motifs is 1. The molecular formula is C15H15ClN4O2S2. The first-order valence-corrected chi connectivity index (χ1v) is 10.5. The van der Waals surface area contributed by atoms with Gasteiger partial charge in [-0.2, -0.15) is 0 Å². The number of rotatable bonds is 4. The maximum atomic E-state index is 11.8. The molecule has 24 heavy (non-hydrogen) atoms.